The molecule has 124 valence electrons. The van der Waals surface area contributed by atoms with Crippen molar-refractivity contribution in [3.05, 3.63) is 0 Å². The van der Waals surface area contributed by atoms with E-state index < -0.39 is 29.1 Å². The molecular formula is C15H30N2O4. The van der Waals surface area contributed by atoms with Gasteiger partial charge in [-0.1, -0.05) is 20.8 Å². The summed E-state index contributed by atoms with van der Waals surface area (Å²) in [5.74, 6) is -0.894. The molecule has 0 rings (SSSR count). The Hall–Kier alpha value is -1.30. The first-order chi connectivity index (χ1) is 9.25. The topological polar surface area (TPSA) is 78.9 Å². The van der Waals surface area contributed by atoms with Crippen LogP contribution in [0.25, 0.3) is 0 Å². The number of nitrogens with one attached hydrogen (secondary N) is 1. The summed E-state index contributed by atoms with van der Waals surface area (Å²) in [5, 5.41) is 12.3. The van der Waals surface area contributed by atoms with Gasteiger partial charge in [0.15, 0.2) is 0 Å². The Bertz CT molecular complexity index is 369. The van der Waals surface area contributed by atoms with E-state index in [2.05, 4.69) is 5.32 Å². The van der Waals surface area contributed by atoms with E-state index in [9.17, 15) is 14.7 Å². The van der Waals surface area contributed by atoms with E-state index in [1.54, 1.807) is 7.05 Å². The molecule has 0 aliphatic heterocycles. The Balaban J connectivity index is 4.58. The van der Waals surface area contributed by atoms with E-state index in [0.29, 0.717) is 6.54 Å². The molecular weight excluding hydrogens is 272 g/mol. The van der Waals surface area contributed by atoms with Crippen molar-refractivity contribution in [3.8, 4) is 0 Å². The van der Waals surface area contributed by atoms with Crippen LogP contribution in [-0.4, -0.2) is 53.3 Å². The highest BCUT2D eigenvalue weighted by molar-refractivity contribution is 5.74. The smallest absolute Gasteiger partial charge is 0.410 e. The van der Waals surface area contributed by atoms with Crippen LogP contribution >= 0.6 is 0 Å². The van der Waals surface area contributed by atoms with Crippen LogP contribution in [0.2, 0.25) is 0 Å². The summed E-state index contributed by atoms with van der Waals surface area (Å²) in [6.07, 6.45) is -0.417. The molecule has 0 aromatic rings. The van der Waals surface area contributed by atoms with E-state index in [-0.39, 0.29) is 6.04 Å². The molecule has 0 bridgehead atoms. The largest absolute Gasteiger partial charge is 0.480 e. The Morgan fingerprint density at radius 2 is 1.67 bits per heavy atom. The number of amides is 1. The van der Waals surface area contributed by atoms with Crippen LogP contribution in [0.3, 0.4) is 0 Å². The van der Waals surface area contributed by atoms with Gasteiger partial charge in [-0.25, -0.2) is 4.79 Å². The van der Waals surface area contributed by atoms with Gasteiger partial charge in [0, 0.05) is 19.6 Å². The third-order valence-electron chi connectivity index (χ3n) is 3.07. The lowest BCUT2D eigenvalue weighted by molar-refractivity contribution is -0.142. The van der Waals surface area contributed by atoms with Gasteiger partial charge in [-0.2, -0.15) is 0 Å². The van der Waals surface area contributed by atoms with Crippen LogP contribution in [0.1, 0.15) is 48.5 Å². The van der Waals surface area contributed by atoms with Gasteiger partial charge in [0.05, 0.1) is 0 Å². The molecule has 0 aliphatic carbocycles. The highest BCUT2D eigenvalue weighted by atomic mass is 16.6. The van der Waals surface area contributed by atoms with Crippen molar-refractivity contribution < 1.29 is 19.4 Å². The highest BCUT2D eigenvalue weighted by Crippen LogP contribution is 2.19. The third kappa shape index (κ3) is 7.32. The first-order valence-electron chi connectivity index (χ1n) is 7.17. The minimum atomic E-state index is -0.894. The van der Waals surface area contributed by atoms with Gasteiger partial charge < -0.3 is 20.1 Å². The van der Waals surface area contributed by atoms with Crippen molar-refractivity contribution in [2.45, 2.75) is 66.2 Å². The maximum absolute atomic E-state index is 11.9. The van der Waals surface area contributed by atoms with Crippen LogP contribution in [0.5, 0.6) is 0 Å². The molecule has 0 saturated heterocycles. The Kier molecular flexibility index (Phi) is 6.67. The quantitative estimate of drug-likeness (QED) is 0.815. The summed E-state index contributed by atoms with van der Waals surface area (Å²) in [6.45, 7) is 13.2. The Morgan fingerprint density at radius 1 is 1.19 bits per heavy atom. The summed E-state index contributed by atoms with van der Waals surface area (Å²) in [5.41, 5.74) is -0.955. The Labute approximate surface area is 127 Å². The first-order valence-corrected chi connectivity index (χ1v) is 7.17. The lowest BCUT2D eigenvalue weighted by Crippen LogP contribution is -2.51. The third-order valence-corrected chi connectivity index (χ3v) is 3.07. The average molecular weight is 302 g/mol. The number of aliphatic carboxylic acids is 1. The predicted molar refractivity (Wildman–Crippen MR) is 82.3 cm³/mol. The molecule has 0 aromatic carbocycles. The second-order valence-electron chi connectivity index (χ2n) is 7.49. The van der Waals surface area contributed by atoms with Gasteiger partial charge in [0.1, 0.15) is 11.6 Å². The zero-order chi connectivity index (χ0) is 17.0. The number of carboxylic acids is 1. The molecule has 0 saturated carbocycles. The molecule has 6 heteroatoms. The molecule has 0 fully saturated rings. The SMILES string of the molecule is C[C@@H](CN[C@H](C(=O)O)C(C)(C)C)N(C)C(=O)OC(C)(C)C. The minimum absolute atomic E-state index is 0.177. The summed E-state index contributed by atoms with van der Waals surface area (Å²) < 4.78 is 5.29. The normalized spacial score (nSPS) is 15.2. The number of hydrogen-bond donors (Lipinski definition) is 2. The maximum atomic E-state index is 11.9. The fraction of sp³-hybridized carbons (Fsp3) is 0.867. The lowest BCUT2D eigenvalue weighted by atomic mass is 9.86. The summed E-state index contributed by atoms with van der Waals surface area (Å²) >= 11 is 0. The van der Waals surface area contributed by atoms with E-state index in [1.807, 2.05) is 48.5 Å². The second kappa shape index (κ2) is 7.11. The van der Waals surface area contributed by atoms with Crippen molar-refractivity contribution in [3.63, 3.8) is 0 Å². The summed E-state index contributed by atoms with van der Waals surface area (Å²) in [6, 6.07) is -0.851. The van der Waals surface area contributed by atoms with Gasteiger partial charge in [-0.15, -0.1) is 0 Å². The van der Waals surface area contributed by atoms with Crippen LogP contribution < -0.4 is 5.32 Å². The van der Waals surface area contributed by atoms with Crippen molar-refractivity contribution in [2.75, 3.05) is 13.6 Å². The molecule has 1 amide bonds. The van der Waals surface area contributed by atoms with Gasteiger partial charge in [-0.05, 0) is 33.1 Å². The molecule has 0 unspecified atom stereocenters. The van der Waals surface area contributed by atoms with Crippen molar-refractivity contribution in [2.24, 2.45) is 5.41 Å². The maximum Gasteiger partial charge on any atom is 0.410 e. The van der Waals surface area contributed by atoms with Crippen LogP contribution in [-0.2, 0) is 9.53 Å². The molecule has 21 heavy (non-hydrogen) atoms. The summed E-state index contributed by atoms with van der Waals surface area (Å²) in [4.78, 5) is 24.7. The van der Waals surface area contributed by atoms with Crippen molar-refractivity contribution in [1.82, 2.24) is 10.2 Å². The zero-order valence-electron chi connectivity index (χ0n) is 14.5. The van der Waals surface area contributed by atoms with Crippen LogP contribution in [0.15, 0.2) is 0 Å². The van der Waals surface area contributed by atoms with Gasteiger partial charge in [0.25, 0.3) is 0 Å². The fourth-order valence-corrected chi connectivity index (χ4v) is 1.70. The van der Waals surface area contributed by atoms with E-state index in [4.69, 9.17) is 4.74 Å². The first kappa shape index (κ1) is 19.7. The molecule has 0 radical (unpaired) electrons. The van der Waals surface area contributed by atoms with Gasteiger partial charge >= 0.3 is 12.1 Å². The van der Waals surface area contributed by atoms with Crippen molar-refractivity contribution in [1.29, 1.82) is 0 Å². The van der Waals surface area contributed by atoms with Crippen LogP contribution in [0.4, 0.5) is 4.79 Å². The zero-order valence-corrected chi connectivity index (χ0v) is 14.5. The fourth-order valence-electron chi connectivity index (χ4n) is 1.70. The molecule has 0 heterocycles. The summed E-state index contributed by atoms with van der Waals surface area (Å²) in [7, 11) is 1.65. The molecule has 0 aromatic heterocycles. The monoisotopic (exact) mass is 302 g/mol. The lowest BCUT2D eigenvalue weighted by Gasteiger charge is -2.32. The number of carbonyl (C=O) groups is 2. The van der Waals surface area contributed by atoms with Gasteiger partial charge in [-0.3, -0.25) is 4.79 Å². The number of carboxylic acid groups (broad SMARTS) is 1. The van der Waals surface area contributed by atoms with Crippen molar-refractivity contribution >= 4 is 12.1 Å². The highest BCUT2D eigenvalue weighted by Gasteiger charge is 2.32. The van der Waals surface area contributed by atoms with Crippen LogP contribution in [0, 0.1) is 5.41 Å². The average Bonchev–Trinajstić information content (AvgIpc) is 2.23. The molecule has 2 atom stereocenters. The molecule has 6 nitrogen and oxygen atoms in total. The van der Waals surface area contributed by atoms with E-state index >= 15 is 0 Å². The number of rotatable bonds is 5. The number of nitrogens with zero attached hydrogens (tertiary/aromatic N) is 1. The number of likely N-dealkylation sites (N-methyl/N-ethyl adjacent to an activating group) is 1. The standard InChI is InChI=1S/C15H30N2O4/c1-10(17(8)13(20)21-15(5,6)7)9-16-11(12(18)19)14(2,3)4/h10-11,16H,9H2,1-8H3,(H,18,19)/t10-,11+/m0/s1. The minimum Gasteiger partial charge on any atom is -0.480 e. The molecule has 0 aliphatic rings. The Morgan fingerprint density at radius 3 is 2.00 bits per heavy atom. The molecule has 2 N–H and O–H groups in total. The number of carbonyl (C=O) groups excluding carboxylic acids is 1. The van der Waals surface area contributed by atoms with Gasteiger partial charge in [0.2, 0.25) is 0 Å². The predicted octanol–water partition coefficient (Wildman–Crippen LogP) is 2.33. The number of hydrogen-bond acceptors (Lipinski definition) is 4. The second-order valence-corrected chi connectivity index (χ2v) is 7.49. The van der Waals surface area contributed by atoms with E-state index in [0.717, 1.165) is 0 Å². The number of ether oxygens (including phenoxy) is 1. The van der Waals surface area contributed by atoms with E-state index in [1.165, 1.54) is 4.90 Å². The molecule has 0 spiro atoms.